The van der Waals surface area contributed by atoms with E-state index in [2.05, 4.69) is 38.0 Å². The second-order valence-corrected chi connectivity index (χ2v) is 12.4. The van der Waals surface area contributed by atoms with Crippen LogP contribution in [-0.2, 0) is 23.7 Å². The highest BCUT2D eigenvalue weighted by molar-refractivity contribution is 6.06. The largest absolute Gasteiger partial charge is 0.345 e. The van der Waals surface area contributed by atoms with Gasteiger partial charge in [0.05, 0.1) is 11.3 Å². The number of benzene rings is 3. The number of anilines is 2. The molecule has 1 aromatic heterocycles. The van der Waals surface area contributed by atoms with Gasteiger partial charge >= 0.3 is 0 Å². The Morgan fingerprint density at radius 3 is 2.24 bits per heavy atom. The van der Waals surface area contributed by atoms with Crippen LogP contribution in [0.2, 0.25) is 0 Å². The molecule has 0 fully saturated rings. The van der Waals surface area contributed by atoms with E-state index in [4.69, 9.17) is 0 Å². The number of pyridine rings is 1. The van der Waals surface area contributed by atoms with Gasteiger partial charge in [-0.25, -0.2) is 0 Å². The molecule has 0 radical (unpaired) electrons. The Morgan fingerprint density at radius 1 is 0.933 bits per heavy atom. The maximum atomic E-state index is 13.2. The van der Waals surface area contributed by atoms with Gasteiger partial charge in [-0.05, 0) is 82.6 Å². The molecule has 0 aliphatic heterocycles. The van der Waals surface area contributed by atoms with Gasteiger partial charge in [-0.2, -0.15) is 0 Å². The summed E-state index contributed by atoms with van der Waals surface area (Å²) in [6, 6.07) is 20.3. The van der Waals surface area contributed by atoms with E-state index < -0.39 is 5.91 Å². The first kappa shape index (κ1) is 32.7. The Kier molecular flexibility index (Phi) is 9.57. The fourth-order valence-electron chi connectivity index (χ4n) is 5.09. The van der Waals surface area contributed by atoms with Crippen LogP contribution in [0.25, 0.3) is 11.1 Å². The summed E-state index contributed by atoms with van der Waals surface area (Å²) >= 11 is 0. The predicted octanol–water partition coefficient (Wildman–Crippen LogP) is 6.33. The number of hydrogen-bond donors (Lipinski definition) is 2. The normalized spacial score (nSPS) is 11.1. The summed E-state index contributed by atoms with van der Waals surface area (Å²) < 4.78 is 1.54. The van der Waals surface area contributed by atoms with Crippen LogP contribution in [-0.4, -0.2) is 41.3 Å². The number of aromatic nitrogens is 1. The third kappa shape index (κ3) is 7.47. The van der Waals surface area contributed by atoms with Crippen molar-refractivity contribution in [2.24, 2.45) is 7.05 Å². The highest BCUT2D eigenvalue weighted by Gasteiger charge is 2.18. The van der Waals surface area contributed by atoms with E-state index >= 15 is 0 Å². The second-order valence-electron chi connectivity index (χ2n) is 12.4. The summed E-state index contributed by atoms with van der Waals surface area (Å²) in [4.78, 5) is 52.6. The van der Waals surface area contributed by atoms with Crippen molar-refractivity contribution in [3.8, 4) is 11.1 Å². The number of aryl methyl sites for hydroxylation is 1. The van der Waals surface area contributed by atoms with Gasteiger partial charge in [-0.1, -0.05) is 57.7 Å². The third-order valence-corrected chi connectivity index (χ3v) is 7.72. The highest BCUT2D eigenvalue weighted by Crippen LogP contribution is 2.30. The van der Waals surface area contributed by atoms with Gasteiger partial charge < -0.3 is 20.1 Å². The highest BCUT2D eigenvalue weighted by atomic mass is 16.2. The molecule has 4 aromatic rings. The summed E-state index contributed by atoms with van der Waals surface area (Å²) in [6.07, 6.45) is 3.19. The molecule has 0 saturated heterocycles. The first-order chi connectivity index (χ1) is 21.2. The SMILES string of the molecule is C=CC(=O)Nc1cc(Cc2cc(-c3cccc(NC(=O)c4ccc(C(C)(C)C)cc4)c3C)cn(C)c2=O)ccc1C(=O)N(C)C. The van der Waals surface area contributed by atoms with E-state index in [1.165, 1.54) is 9.47 Å². The van der Waals surface area contributed by atoms with Gasteiger partial charge in [0.25, 0.3) is 17.4 Å². The molecule has 232 valence electrons. The Balaban J connectivity index is 1.66. The molecule has 0 unspecified atom stereocenters. The average molecular weight is 605 g/mol. The smallest absolute Gasteiger partial charge is 0.255 e. The number of carbonyl (C=O) groups is 3. The number of nitrogens with one attached hydrogen (secondary N) is 2. The van der Waals surface area contributed by atoms with Gasteiger partial charge in [0.15, 0.2) is 0 Å². The number of carbonyl (C=O) groups excluding carboxylic acids is 3. The molecule has 8 heteroatoms. The molecule has 0 aliphatic rings. The lowest BCUT2D eigenvalue weighted by Crippen LogP contribution is -2.24. The number of rotatable bonds is 8. The monoisotopic (exact) mass is 604 g/mol. The zero-order chi connectivity index (χ0) is 33.1. The molecule has 8 nitrogen and oxygen atoms in total. The van der Waals surface area contributed by atoms with Crippen LogP contribution in [0, 0.1) is 6.92 Å². The molecule has 1 heterocycles. The molecule has 3 amide bonds. The molecule has 3 aromatic carbocycles. The van der Waals surface area contributed by atoms with Gasteiger partial charge in [-0.15, -0.1) is 0 Å². The van der Waals surface area contributed by atoms with Crippen molar-refractivity contribution in [3.63, 3.8) is 0 Å². The van der Waals surface area contributed by atoms with Crippen LogP contribution in [0.1, 0.15) is 63.7 Å². The van der Waals surface area contributed by atoms with Crippen molar-refractivity contribution in [3.05, 3.63) is 129 Å². The zero-order valence-electron chi connectivity index (χ0n) is 26.9. The van der Waals surface area contributed by atoms with Gasteiger partial charge in [0.1, 0.15) is 0 Å². The molecule has 0 spiro atoms. The maximum absolute atomic E-state index is 13.2. The molecule has 0 aliphatic carbocycles. The number of nitrogens with zero attached hydrogens (tertiary/aromatic N) is 2. The van der Waals surface area contributed by atoms with Crippen LogP contribution in [0.5, 0.6) is 0 Å². The summed E-state index contributed by atoms with van der Waals surface area (Å²) in [5, 5.41) is 5.76. The van der Waals surface area contributed by atoms with Gasteiger partial charge in [-0.3, -0.25) is 19.2 Å². The quantitative estimate of drug-likeness (QED) is 0.230. The molecule has 45 heavy (non-hydrogen) atoms. The van der Waals surface area contributed by atoms with E-state index in [0.717, 1.165) is 33.9 Å². The molecular formula is C37H40N4O4. The second kappa shape index (κ2) is 13.2. The zero-order valence-corrected chi connectivity index (χ0v) is 26.9. The van der Waals surface area contributed by atoms with Crippen molar-refractivity contribution in [2.45, 2.75) is 39.5 Å². The van der Waals surface area contributed by atoms with Crippen molar-refractivity contribution in [1.29, 1.82) is 0 Å². The summed E-state index contributed by atoms with van der Waals surface area (Å²) in [5.41, 5.74) is 6.74. The van der Waals surface area contributed by atoms with E-state index in [1.54, 1.807) is 45.5 Å². The molecular weight excluding hydrogens is 564 g/mol. The summed E-state index contributed by atoms with van der Waals surface area (Å²) in [7, 11) is 4.97. The minimum atomic E-state index is -0.442. The Morgan fingerprint density at radius 2 is 1.62 bits per heavy atom. The Labute approximate surface area is 264 Å². The lowest BCUT2D eigenvalue weighted by atomic mass is 9.86. The van der Waals surface area contributed by atoms with E-state index in [9.17, 15) is 19.2 Å². The van der Waals surface area contributed by atoms with Crippen molar-refractivity contribution in [1.82, 2.24) is 9.47 Å². The van der Waals surface area contributed by atoms with Crippen LogP contribution >= 0.6 is 0 Å². The number of amides is 3. The van der Waals surface area contributed by atoms with Crippen LogP contribution in [0.3, 0.4) is 0 Å². The number of hydrogen-bond acceptors (Lipinski definition) is 4. The lowest BCUT2D eigenvalue weighted by molar-refractivity contribution is -0.111. The first-order valence-corrected chi connectivity index (χ1v) is 14.7. The summed E-state index contributed by atoms with van der Waals surface area (Å²) in [5.74, 6) is -0.905. The van der Waals surface area contributed by atoms with Crippen LogP contribution in [0.4, 0.5) is 11.4 Å². The van der Waals surface area contributed by atoms with E-state index in [-0.39, 0.29) is 29.2 Å². The van der Waals surface area contributed by atoms with Crippen molar-refractivity contribution >= 4 is 29.1 Å². The molecule has 4 rings (SSSR count). The van der Waals surface area contributed by atoms with Crippen LogP contribution in [0.15, 0.2) is 90.4 Å². The molecule has 0 saturated carbocycles. The summed E-state index contributed by atoms with van der Waals surface area (Å²) in [6.45, 7) is 11.8. The van der Waals surface area contributed by atoms with Crippen molar-refractivity contribution in [2.75, 3.05) is 24.7 Å². The standard InChI is InChI=1S/C37H40N4O4/c1-9-33(42)38-32-20-24(13-18-30(32)36(45)40(6)7)19-26-21-27(22-41(8)35(26)44)29-11-10-12-31(23(29)2)39-34(43)25-14-16-28(17-15-25)37(3,4)5/h9-18,20-22H,1,19H2,2-8H3,(H,38,42)(H,39,43). The topological polar surface area (TPSA) is 101 Å². The van der Waals surface area contributed by atoms with Gasteiger partial charge in [0.2, 0.25) is 5.91 Å². The van der Waals surface area contributed by atoms with Crippen LogP contribution < -0.4 is 16.2 Å². The first-order valence-electron chi connectivity index (χ1n) is 14.7. The molecule has 0 bridgehead atoms. The average Bonchev–Trinajstić information content (AvgIpc) is 2.99. The molecule has 0 atom stereocenters. The third-order valence-electron chi connectivity index (χ3n) is 7.72. The van der Waals surface area contributed by atoms with E-state index in [0.29, 0.717) is 28.1 Å². The van der Waals surface area contributed by atoms with Crippen molar-refractivity contribution < 1.29 is 14.4 Å². The lowest BCUT2D eigenvalue weighted by Gasteiger charge is -2.19. The van der Waals surface area contributed by atoms with Gasteiger partial charge in [0, 0.05) is 50.6 Å². The maximum Gasteiger partial charge on any atom is 0.255 e. The fourth-order valence-corrected chi connectivity index (χ4v) is 5.09. The van der Waals surface area contributed by atoms with E-state index in [1.807, 2.05) is 55.5 Å². The fraction of sp³-hybridized carbons (Fsp3) is 0.243. The Hall–Kier alpha value is -5.24. The Bertz CT molecular complexity index is 1840. The minimum absolute atomic E-state index is 0.00708. The molecule has 2 N–H and O–H groups in total. The minimum Gasteiger partial charge on any atom is -0.345 e. The predicted molar refractivity (Wildman–Crippen MR) is 181 cm³/mol.